The summed E-state index contributed by atoms with van der Waals surface area (Å²) in [5.74, 6) is 0. The van der Waals surface area contributed by atoms with Crippen LogP contribution in [-0.4, -0.2) is 29.0 Å². The van der Waals surface area contributed by atoms with E-state index in [4.69, 9.17) is 11.6 Å². The fraction of sp³-hybridized carbons (Fsp3) is 0.357. The zero-order valence-corrected chi connectivity index (χ0v) is 12.1. The molecule has 0 saturated carbocycles. The number of hydrogen-bond donors (Lipinski definition) is 1. The van der Waals surface area contributed by atoms with Gasteiger partial charge in [-0.2, -0.15) is 0 Å². The Hall–Kier alpha value is -1.10. The van der Waals surface area contributed by atoms with Crippen LogP contribution in [0.5, 0.6) is 0 Å². The van der Waals surface area contributed by atoms with Crippen molar-refractivity contribution >= 4 is 28.6 Å². The molecule has 0 bridgehead atoms. The van der Waals surface area contributed by atoms with E-state index in [1.54, 1.807) is 11.3 Å². The van der Waals surface area contributed by atoms with E-state index < -0.39 is 0 Å². The molecular weight excluding hydrogens is 278 g/mol. The van der Waals surface area contributed by atoms with Crippen LogP contribution < -0.4 is 5.32 Å². The first-order valence-electron chi connectivity index (χ1n) is 6.44. The maximum Gasteiger partial charge on any atom is 0.183 e. The van der Waals surface area contributed by atoms with Gasteiger partial charge in [0.05, 0.1) is 0 Å². The van der Waals surface area contributed by atoms with Crippen molar-refractivity contribution in [3.8, 4) is 0 Å². The number of halogens is 1. The first kappa shape index (κ1) is 12.9. The summed E-state index contributed by atoms with van der Waals surface area (Å²) in [4.78, 5) is 7.78. The highest BCUT2D eigenvalue weighted by atomic mass is 35.5. The fourth-order valence-corrected chi connectivity index (χ4v) is 3.46. The third kappa shape index (κ3) is 3.47. The van der Waals surface area contributed by atoms with Crippen LogP contribution in [-0.2, 0) is 6.54 Å². The summed E-state index contributed by atoms with van der Waals surface area (Å²) < 4.78 is 0.633. The molecule has 1 N–H and O–H groups in total. The van der Waals surface area contributed by atoms with E-state index in [2.05, 4.69) is 39.5 Å². The molecular formula is C14H16ClN3S. The van der Waals surface area contributed by atoms with Crippen LogP contribution in [0.4, 0.5) is 5.69 Å². The molecule has 1 aliphatic rings. The molecule has 0 spiro atoms. The lowest BCUT2D eigenvalue weighted by molar-refractivity contribution is 0.331. The van der Waals surface area contributed by atoms with Crippen LogP contribution in [0, 0.1) is 0 Å². The topological polar surface area (TPSA) is 28.2 Å². The maximum atomic E-state index is 5.86. The average molecular weight is 294 g/mol. The molecule has 3 nitrogen and oxygen atoms in total. The Bertz CT molecular complexity index is 528. The summed E-state index contributed by atoms with van der Waals surface area (Å²) in [6.45, 7) is 3.15. The molecule has 1 aliphatic heterocycles. The van der Waals surface area contributed by atoms with E-state index >= 15 is 0 Å². The van der Waals surface area contributed by atoms with Crippen LogP contribution >= 0.6 is 22.9 Å². The molecule has 100 valence electrons. The lowest BCUT2D eigenvalue weighted by Gasteiger charge is -2.16. The minimum Gasteiger partial charge on any atom is -0.381 e. The van der Waals surface area contributed by atoms with Gasteiger partial charge in [-0.3, -0.25) is 4.90 Å². The average Bonchev–Trinajstić information content (AvgIpc) is 3.01. The predicted molar refractivity (Wildman–Crippen MR) is 80.9 cm³/mol. The second-order valence-corrected chi connectivity index (χ2v) is 6.51. The van der Waals surface area contributed by atoms with Crippen molar-refractivity contribution in [3.05, 3.63) is 45.9 Å². The number of hydrogen-bond acceptors (Lipinski definition) is 4. The summed E-state index contributed by atoms with van der Waals surface area (Å²) in [5, 5.41) is 3.58. The van der Waals surface area contributed by atoms with E-state index in [9.17, 15) is 0 Å². The predicted octanol–water partition coefficient (Wildman–Crippen LogP) is 3.48. The smallest absolute Gasteiger partial charge is 0.183 e. The monoisotopic (exact) mass is 293 g/mol. The van der Waals surface area contributed by atoms with Crippen molar-refractivity contribution in [2.45, 2.75) is 19.0 Å². The van der Waals surface area contributed by atoms with Crippen LogP contribution in [0.1, 0.15) is 11.3 Å². The molecule has 2 heterocycles. The van der Waals surface area contributed by atoms with Crippen molar-refractivity contribution in [1.29, 1.82) is 0 Å². The highest BCUT2D eigenvalue weighted by Gasteiger charge is 2.22. The Morgan fingerprint density at radius 2 is 2.21 bits per heavy atom. The Balaban J connectivity index is 1.53. The van der Waals surface area contributed by atoms with Gasteiger partial charge >= 0.3 is 0 Å². The minimum atomic E-state index is 0.533. The molecule has 1 aromatic heterocycles. The van der Waals surface area contributed by atoms with Crippen molar-refractivity contribution in [2.75, 3.05) is 18.4 Å². The summed E-state index contributed by atoms with van der Waals surface area (Å²) in [5.41, 5.74) is 1.20. The van der Waals surface area contributed by atoms with Gasteiger partial charge in [0.1, 0.15) is 0 Å². The lowest BCUT2D eigenvalue weighted by atomic mass is 10.2. The molecule has 3 rings (SSSR count). The van der Waals surface area contributed by atoms with Crippen LogP contribution in [0.25, 0.3) is 0 Å². The van der Waals surface area contributed by atoms with Gasteiger partial charge < -0.3 is 5.32 Å². The summed E-state index contributed by atoms with van der Waals surface area (Å²) in [6, 6.07) is 10.9. The Morgan fingerprint density at radius 1 is 1.37 bits per heavy atom. The number of thiazole rings is 1. The summed E-state index contributed by atoms with van der Waals surface area (Å²) in [6.07, 6.45) is 3.06. The fourth-order valence-electron chi connectivity index (χ4n) is 2.44. The van der Waals surface area contributed by atoms with Gasteiger partial charge in [0.25, 0.3) is 0 Å². The number of anilines is 1. The van der Waals surface area contributed by atoms with Gasteiger partial charge in [0.2, 0.25) is 0 Å². The quantitative estimate of drug-likeness (QED) is 0.935. The van der Waals surface area contributed by atoms with Crippen LogP contribution in [0.15, 0.2) is 36.5 Å². The second-order valence-electron chi connectivity index (χ2n) is 4.81. The third-order valence-corrected chi connectivity index (χ3v) is 4.42. The van der Waals surface area contributed by atoms with Crippen molar-refractivity contribution in [2.24, 2.45) is 0 Å². The molecule has 1 unspecified atom stereocenters. The Kier molecular flexibility index (Phi) is 4.01. The molecule has 0 amide bonds. The number of para-hydroxylation sites is 1. The molecule has 1 fully saturated rings. The highest BCUT2D eigenvalue weighted by molar-refractivity contribution is 7.15. The van der Waals surface area contributed by atoms with Gasteiger partial charge in [-0.05, 0) is 18.6 Å². The number of rotatable bonds is 4. The van der Waals surface area contributed by atoms with Gasteiger partial charge in [-0.1, -0.05) is 29.8 Å². The van der Waals surface area contributed by atoms with Crippen molar-refractivity contribution < 1.29 is 0 Å². The number of nitrogens with zero attached hydrogens (tertiary/aromatic N) is 2. The second kappa shape index (κ2) is 5.90. The zero-order chi connectivity index (χ0) is 13.1. The zero-order valence-electron chi connectivity index (χ0n) is 10.6. The maximum absolute atomic E-state index is 5.86. The summed E-state index contributed by atoms with van der Waals surface area (Å²) >= 11 is 7.43. The molecule has 0 aliphatic carbocycles. The third-order valence-electron chi connectivity index (χ3n) is 3.32. The molecule has 0 radical (unpaired) electrons. The van der Waals surface area contributed by atoms with E-state index in [0.29, 0.717) is 10.5 Å². The Morgan fingerprint density at radius 3 is 2.95 bits per heavy atom. The van der Waals surface area contributed by atoms with E-state index in [1.807, 2.05) is 12.3 Å². The largest absolute Gasteiger partial charge is 0.381 e. The number of benzene rings is 1. The molecule has 1 atom stereocenters. The number of aromatic nitrogens is 1. The lowest BCUT2D eigenvalue weighted by Crippen LogP contribution is -2.25. The first-order chi connectivity index (χ1) is 9.29. The molecule has 5 heteroatoms. The van der Waals surface area contributed by atoms with E-state index in [-0.39, 0.29) is 0 Å². The van der Waals surface area contributed by atoms with Crippen molar-refractivity contribution in [3.63, 3.8) is 0 Å². The highest BCUT2D eigenvalue weighted by Crippen LogP contribution is 2.22. The SMILES string of the molecule is Clc1ncc(CN2CCC(Nc3ccccc3)C2)s1. The first-order valence-corrected chi connectivity index (χ1v) is 7.63. The molecule has 1 aromatic carbocycles. The van der Waals surface area contributed by atoms with E-state index in [0.717, 1.165) is 19.6 Å². The van der Waals surface area contributed by atoms with Crippen molar-refractivity contribution in [1.82, 2.24) is 9.88 Å². The molecule has 1 saturated heterocycles. The number of nitrogens with one attached hydrogen (secondary N) is 1. The Labute approximate surface area is 122 Å². The standard InChI is InChI=1S/C14H16ClN3S/c15-14-16-8-13(19-14)10-18-7-6-12(9-18)17-11-4-2-1-3-5-11/h1-5,8,12,17H,6-7,9-10H2. The van der Waals surface area contributed by atoms with Gasteiger partial charge in [-0.15, -0.1) is 11.3 Å². The van der Waals surface area contributed by atoms with Gasteiger partial charge in [-0.25, -0.2) is 4.98 Å². The summed E-state index contributed by atoms with van der Waals surface area (Å²) in [7, 11) is 0. The normalized spacial score (nSPS) is 19.7. The molecule has 2 aromatic rings. The number of likely N-dealkylation sites (tertiary alicyclic amines) is 1. The van der Waals surface area contributed by atoms with E-state index in [1.165, 1.54) is 17.0 Å². The van der Waals surface area contributed by atoms with Gasteiger partial charge in [0.15, 0.2) is 4.47 Å². The van der Waals surface area contributed by atoms with Crippen LogP contribution in [0.3, 0.4) is 0 Å². The van der Waals surface area contributed by atoms with Gasteiger partial charge in [0, 0.05) is 42.4 Å². The molecule has 19 heavy (non-hydrogen) atoms. The van der Waals surface area contributed by atoms with Crippen LogP contribution in [0.2, 0.25) is 4.47 Å². The minimum absolute atomic E-state index is 0.533.